The van der Waals surface area contributed by atoms with Crippen molar-refractivity contribution in [3.05, 3.63) is 94.2 Å². The minimum absolute atomic E-state index is 0.0318. The van der Waals surface area contributed by atoms with Crippen LogP contribution < -0.4 is 9.47 Å². The molecule has 0 spiro atoms. The maximum Gasteiger partial charge on any atom is 0.254 e. The Balaban J connectivity index is 1.49. The van der Waals surface area contributed by atoms with Crippen LogP contribution in [0, 0.1) is 0 Å². The largest absolute Gasteiger partial charge is 0.497 e. The average molecular weight is 519 g/mol. The lowest BCUT2D eigenvalue weighted by Gasteiger charge is -2.37. The molecule has 2 heterocycles. The number of methoxy groups -OCH3 is 1. The lowest BCUT2D eigenvalue weighted by Crippen LogP contribution is -2.47. The molecule has 1 aliphatic rings. The van der Waals surface area contributed by atoms with Gasteiger partial charge in [0.15, 0.2) is 0 Å². The zero-order valence-corrected chi connectivity index (χ0v) is 22.5. The summed E-state index contributed by atoms with van der Waals surface area (Å²) in [4.78, 5) is 31.5. The molecular formula is C30H34N2O4S. The molecule has 194 valence electrons. The summed E-state index contributed by atoms with van der Waals surface area (Å²) in [6.07, 6.45) is 2.44. The van der Waals surface area contributed by atoms with Gasteiger partial charge in [0.25, 0.3) is 5.91 Å². The molecule has 7 heteroatoms. The monoisotopic (exact) mass is 518 g/mol. The highest BCUT2D eigenvalue weighted by Crippen LogP contribution is 2.34. The van der Waals surface area contributed by atoms with Crippen LogP contribution >= 0.6 is 11.3 Å². The fourth-order valence-corrected chi connectivity index (χ4v) is 5.47. The number of amides is 2. The van der Waals surface area contributed by atoms with Crippen molar-refractivity contribution in [1.29, 1.82) is 0 Å². The normalized spacial score (nSPS) is 14.7. The maximum absolute atomic E-state index is 13.6. The Bertz CT molecular complexity index is 1220. The highest BCUT2D eigenvalue weighted by atomic mass is 32.1. The number of fused-ring (bicyclic) bond motifs is 1. The molecule has 4 rings (SSSR count). The van der Waals surface area contributed by atoms with Gasteiger partial charge >= 0.3 is 0 Å². The SMILES string of the molecule is C=CCN(CC(=O)N1CCc2sccc2[C@@H]1COc1ccc(C(C)C)cc1)C(=O)c1ccc(OC)cc1. The molecule has 0 radical (unpaired) electrons. The average Bonchev–Trinajstić information content (AvgIpc) is 3.40. The molecular weight excluding hydrogens is 484 g/mol. The molecule has 0 saturated heterocycles. The third-order valence-corrected chi connectivity index (χ3v) is 7.67. The van der Waals surface area contributed by atoms with Gasteiger partial charge in [-0.25, -0.2) is 0 Å². The number of hydrogen-bond donors (Lipinski definition) is 0. The van der Waals surface area contributed by atoms with E-state index in [-0.39, 0.29) is 30.9 Å². The first-order chi connectivity index (χ1) is 17.9. The molecule has 2 aromatic carbocycles. The van der Waals surface area contributed by atoms with Crippen molar-refractivity contribution in [1.82, 2.24) is 9.80 Å². The molecule has 0 aliphatic carbocycles. The van der Waals surface area contributed by atoms with Gasteiger partial charge in [0.05, 0.1) is 13.2 Å². The van der Waals surface area contributed by atoms with E-state index in [1.54, 1.807) is 48.8 Å². The molecule has 2 amide bonds. The number of ether oxygens (including phenoxy) is 2. The molecule has 0 N–H and O–H groups in total. The predicted molar refractivity (Wildman–Crippen MR) is 148 cm³/mol. The summed E-state index contributed by atoms with van der Waals surface area (Å²) in [6, 6.07) is 16.9. The van der Waals surface area contributed by atoms with E-state index in [2.05, 4.69) is 44.0 Å². The molecule has 0 saturated carbocycles. The summed E-state index contributed by atoms with van der Waals surface area (Å²) in [7, 11) is 1.58. The predicted octanol–water partition coefficient (Wildman–Crippen LogP) is 5.71. The summed E-state index contributed by atoms with van der Waals surface area (Å²) in [5, 5.41) is 2.07. The first kappa shape index (κ1) is 26.5. The van der Waals surface area contributed by atoms with Crippen LogP contribution in [0.3, 0.4) is 0 Å². The van der Waals surface area contributed by atoms with Crippen LogP contribution in [0.25, 0.3) is 0 Å². The zero-order valence-electron chi connectivity index (χ0n) is 21.7. The first-order valence-electron chi connectivity index (χ1n) is 12.5. The molecule has 37 heavy (non-hydrogen) atoms. The van der Waals surface area contributed by atoms with E-state index in [1.165, 1.54) is 15.3 Å². The van der Waals surface area contributed by atoms with Gasteiger partial charge in [-0.1, -0.05) is 32.1 Å². The second-order valence-electron chi connectivity index (χ2n) is 9.39. The maximum atomic E-state index is 13.6. The van der Waals surface area contributed by atoms with Crippen molar-refractivity contribution in [2.24, 2.45) is 0 Å². The highest BCUT2D eigenvalue weighted by Gasteiger charge is 2.33. The van der Waals surface area contributed by atoms with Crippen LogP contribution in [0.1, 0.15) is 52.2 Å². The van der Waals surface area contributed by atoms with Crippen LogP contribution in [-0.2, 0) is 11.2 Å². The van der Waals surface area contributed by atoms with Gasteiger partial charge in [0, 0.05) is 23.5 Å². The van der Waals surface area contributed by atoms with E-state index in [0.29, 0.717) is 30.4 Å². The highest BCUT2D eigenvalue weighted by molar-refractivity contribution is 7.10. The zero-order chi connectivity index (χ0) is 26.4. The molecule has 0 fully saturated rings. The van der Waals surface area contributed by atoms with Gasteiger partial charge in [0.2, 0.25) is 5.91 Å². The van der Waals surface area contributed by atoms with Crippen LogP contribution in [-0.4, -0.2) is 55.0 Å². The minimum Gasteiger partial charge on any atom is -0.497 e. The fraction of sp³-hybridized carbons (Fsp3) is 0.333. The Morgan fingerprint density at radius 3 is 2.46 bits per heavy atom. The van der Waals surface area contributed by atoms with Crippen LogP contribution in [0.5, 0.6) is 11.5 Å². The number of carbonyl (C=O) groups is 2. The van der Waals surface area contributed by atoms with Crippen LogP contribution in [0.15, 0.2) is 72.6 Å². The summed E-state index contributed by atoms with van der Waals surface area (Å²) < 4.78 is 11.4. The Morgan fingerprint density at radius 2 is 1.81 bits per heavy atom. The van der Waals surface area contributed by atoms with Crippen molar-refractivity contribution < 1.29 is 19.1 Å². The topological polar surface area (TPSA) is 59.1 Å². The van der Waals surface area contributed by atoms with Crippen molar-refractivity contribution in [3.63, 3.8) is 0 Å². The van der Waals surface area contributed by atoms with Crippen molar-refractivity contribution in [2.75, 3.05) is 33.4 Å². The van der Waals surface area contributed by atoms with Crippen LogP contribution in [0.2, 0.25) is 0 Å². The van der Waals surface area contributed by atoms with Crippen molar-refractivity contribution in [2.45, 2.75) is 32.2 Å². The quantitative estimate of drug-likeness (QED) is 0.323. The second kappa shape index (κ2) is 12.1. The summed E-state index contributed by atoms with van der Waals surface area (Å²) in [5.41, 5.74) is 2.88. The molecule has 6 nitrogen and oxygen atoms in total. The number of benzene rings is 2. The Kier molecular flexibility index (Phi) is 8.66. The Hall–Kier alpha value is -3.58. The van der Waals surface area contributed by atoms with E-state index in [1.807, 2.05) is 17.0 Å². The number of thiophene rings is 1. The van der Waals surface area contributed by atoms with E-state index in [0.717, 1.165) is 17.7 Å². The van der Waals surface area contributed by atoms with Gasteiger partial charge < -0.3 is 19.3 Å². The number of hydrogen-bond acceptors (Lipinski definition) is 5. The van der Waals surface area contributed by atoms with Gasteiger partial charge in [-0.15, -0.1) is 17.9 Å². The number of rotatable bonds is 10. The molecule has 1 aliphatic heterocycles. The van der Waals surface area contributed by atoms with Crippen LogP contribution in [0.4, 0.5) is 0 Å². The Morgan fingerprint density at radius 1 is 1.11 bits per heavy atom. The van der Waals surface area contributed by atoms with E-state index in [9.17, 15) is 9.59 Å². The Labute approximate surface area is 223 Å². The minimum atomic E-state index is -0.220. The first-order valence-corrected chi connectivity index (χ1v) is 13.4. The summed E-state index contributed by atoms with van der Waals surface area (Å²) in [5.74, 6) is 1.58. The smallest absolute Gasteiger partial charge is 0.254 e. The third kappa shape index (κ3) is 6.23. The van der Waals surface area contributed by atoms with Crippen molar-refractivity contribution >= 4 is 23.2 Å². The standard InChI is InChI=1S/C30H34N2O4S/c1-5-16-31(30(34)23-8-10-24(35-4)11-9-23)19-29(33)32-17-14-28-26(15-18-37-28)27(32)20-36-25-12-6-22(7-13-25)21(2)3/h5-13,15,18,21,27H,1,14,16-17,19-20H2,2-4H3/t27-/m0/s1. The second-order valence-corrected chi connectivity index (χ2v) is 10.4. The lowest BCUT2D eigenvalue weighted by atomic mass is 10.00. The molecule has 1 atom stereocenters. The third-order valence-electron chi connectivity index (χ3n) is 6.67. The lowest BCUT2D eigenvalue weighted by molar-refractivity contribution is -0.135. The molecule has 0 unspecified atom stereocenters. The molecule has 3 aromatic rings. The van der Waals surface area contributed by atoms with E-state index < -0.39 is 0 Å². The fourth-order valence-electron chi connectivity index (χ4n) is 4.54. The van der Waals surface area contributed by atoms with Gasteiger partial charge in [-0.2, -0.15) is 0 Å². The van der Waals surface area contributed by atoms with E-state index >= 15 is 0 Å². The molecule has 1 aromatic heterocycles. The van der Waals surface area contributed by atoms with Gasteiger partial charge in [-0.05, 0) is 71.3 Å². The number of carbonyl (C=O) groups excluding carboxylic acids is 2. The van der Waals surface area contributed by atoms with Gasteiger partial charge in [-0.3, -0.25) is 9.59 Å². The van der Waals surface area contributed by atoms with Crippen molar-refractivity contribution in [3.8, 4) is 11.5 Å². The summed E-state index contributed by atoms with van der Waals surface area (Å²) >= 11 is 1.72. The summed E-state index contributed by atoms with van der Waals surface area (Å²) in [6.45, 7) is 9.29. The molecule has 0 bridgehead atoms. The number of nitrogens with zero attached hydrogens (tertiary/aromatic N) is 2. The van der Waals surface area contributed by atoms with E-state index in [4.69, 9.17) is 9.47 Å². The van der Waals surface area contributed by atoms with Gasteiger partial charge in [0.1, 0.15) is 24.7 Å².